The van der Waals surface area contributed by atoms with Crippen LogP contribution in [0.2, 0.25) is 0 Å². The Morgan fingerprint density at radius 3 is 2.77 bits per heavy atom. The van der Waals surface area contributed by atoms with E-state index in [-0.39, 0.29) is 26.1 Å². The van der Waals surface area contributed by atoms with Crippen molar-refractivity contribution in [2.24, 2.45) is 0 Å². The minimum absolute atomic E-state index is 0.0419. The molecular formula is C14H17F3N2O2S. The molecule has 2 aromatic heterocycles. The summed E-state index contributed by atoms with van der Waals surface area (Å²) in [6.07, 6.45) is -4.01. The van der Waals surface area contributed by atoms with E-state index in [1.807, 2.05) is 17.5 Å². The van der Waals surface area contributed by atoms with Gasteiger partial charge in [-0.1, -0.05) is 6.07 Å². The molecule has 122 valence electrons. The number of hydrogen-bond acceptors (Lipinski definition) is 5. The van der Waals surface area contributed by atoms with E-state index in [9.17, 15) is 13.2 Å². The molecule has 0 bridgehead atoms. The van der Waals surface area contributed by atoms with E-state index >= 15 is 0 Å². The first kappa shape index (κ1) is 17.0. The van der Waals surface area contributed by atoms with Crippen molar-refractivity contribution >= 4 is 11.3 Å². The van der Waals surface area contributed by atoms with E-state index in [1.165, 1.54) is 16.2 Å². The number of aliphatic hydroxyl groups is 1. The van der Waals surface area contributed by atoms with Crippen LogP contribution in [0.1, 0.15) is 17.9 Å². The molecule has 0 saturated carbocycles. The lowest BCUT2D eigenvalue weighted by molar-refractivity contribution is -0.147. The summed E-state index contributed by atoms with van der Waals surface area (Å²) in [4.78, 5) is 6.36. The Labute approximate surface area is 130 Å². The number of aromatic nitrogens is 1. The number of thiophene rings is 1. The van der Waals surface area contributed by atoms with Gasteiger partial charge in [-0.3, -0.25) is 4.90 Å². The van der Waals surface area contributed by atoms with Gasteiger partial charge < -0.3 is 9.52 Å². The smallest absolute Gasteiger partial charge is 0.401 e. The van der Waals surface area contributed by atoms with Crippen LogP contribution in [0.4, 0.5) is 13.2 Å². The second kappa shape index (κ2) is 7.26. The molecule has 8 heteroatoms. The number of nitrogens with zero attached hydrogens (tertiary/aromatic N) is 2. The van der Waals surface area contributed by atoms with Crippen LogP contribution < -0.4 is 0 Å². The summed E-state index contributed by atoms with van der Waals surface area (Å²) in [6, 6.07) is 3.70. The first-order chi connectivity index (χ1) is 10.4. The summed E-state index contributed by atoms with van der Waals surface area (Å²) >= 11 is 1.46. The van der Waals surface area contributed by atoms with Crippen molar-refractivity contribution in [1.29, 1.82) is 0 Å². The molecular weight excluding hydrogens is 317 g/mol. The van der Waals surface area contributed by atoms with Crippen LogP contribution >= 0.6 is 11.3 Å². The molecule has 1 N–H and O–H groups in total. The number of aliphatic hydroxyl groups excluding tert-OH is 1. The topological polar surface area (TPSA) is 49.5 Å². The van der Waals surface area contributed by atoms with Gasteiger partial charge in [0.25, 0.3) is 0 Å². The number of hydrogen-bond donors (Lipinski definition) is 1. The molecule has 22 heavy (non-hydrogen) atoms. The Balaban J connectivity index is 2.11. The van der Waals surface area contributed by atoms with Crippen LogP contribution in [0.5, 0.6) is 0 Å². The molecule has 0 amide bonds. The average Bonchev–Trinajstić information content (AvgIpc) is 3.05. The molecule has 0 radical (unpaired) electrons. The molecule has 4 nitrogen and oxygen atoms in total. The van der Waals surface area contributed by atoms with E-state index in [1.54, 1.807) is 6.92 Å². The molecule has 2 heterocycles. The average molecular weight is 334 g/mol. The molecule has 0 aliphatic carbocycles. The minimum atomic E-state index is -4.29. The summed E-state index contributed by atoms with van der Waals surface area (Å²) < 4.78 is 43.4. The highest BCUT2D eigenvalue weighted by Gasteiger charge is 2.31. The molecule has 0 aromatic carbocycles. The standard InChI is InChI=1S/C14H17F3N2O2S/c1-10-11(18-13(21-10)12-4-2-7-22-12)8-19(5-3-6-20)9-14(15,16)17/h2,4,7,20H,3,5-6,8-9H2,1H3. The van der Waals surface area contributed by atoms with Crippen LogP contribution in [0.25, 0.3) is 10.8 Å². The Kier molecular flexibility index (Phi) is 5.60. The van der Waals surface area contributed by atoms with E-state index in [0.717, 1.165) is 4.88 Å². The van der Waals surface area contributed by atoms with E-state index in [4.69, 9.17) is 9.52 Å². The number of alkyl halides is 3. The molecule has 2 aromatic rings. The van der Waals surface area contributed by atoms with Gasteiger partial charge in [-0.2, -0.15) is 13.2 Å². The number of oxazole rings is 1. The lowest BCUT2D eigenvalue weighted by atomic mass is 10.3. The summed E-state index contributed by atoms with van der Waals surface area (Å²) in [7, 11) is 0. The zero-order valence-electron chi connectivity index (χ0n) is 12.1. The van der Waals surface area contributed by atoms with Gasteiger partial charge in [-0.05, 0) is 24.8 Å². The third-order valence-corrected chi connectivity index (χ3v) is 3.89. The van der Waals surface area contributed by atoms with Crippen molar-refractivity contribution in [2.45, 2.75) is 26.1 Å². The van der Waals surface area contributed by atoms with E-state index in [2.05, 4.69) is 4.98 Å². The monoisotopic (exact) mass is 334 g/mol. The van der Waals surface area contributed by atoms with Gasteiger partial charge in [0.1, 0.15) is 5.76 Å². The van der Waals surface area contributed by atoms with Gasteiger partial charge in [0.2, 0.25) is 5.89 Å². The number of halogens is 3. The third-order valence-electron chi connectivity index (χ3n) is 3.03. The summed E-state index contributed by atoms with van der Waals surface area (Å²) in [5.41, 5.74) is 0.491. The van der Waals surface area contributed by atoms with Crippen LogP contribution in [0, 0.1) is 6.92 Å². The maximum absolute atomic E-state index is 12.6. The first-order valence-electron chi connectivity index (χ1n) is 6.79. The van der Waals surface area contributed by atoms with Crippen molar-refractivity contribution in [2.75, 3.05) is 19.7 Å². The second-order valence-corrected chi connectivity index (χ2v) is 5.85. The van der Waals surface area contributed by atoms with Gasteiger partial charge in [0.15, 0.2) is 0 Å². The molecule has 0 aliphatic rings. The van der Waals surface area contributed by atoms with E-state index in [0.29, 0.717) is 17.3 Å². The Morgan fingerprint density at radius 1 is 1.41 bits per heavy atom. The predicted octanol–water partition coefficient (Wildman–Crippen LogP) is 3.46. The lowest BCUT2D eigenvalue weighted by Gasteiger charge is -2.22. The van der Waals surface area contributed by atoms with Crippen molar-refractivity contribution in [3.05, 3.63) is 29.0 Å². The Bertz CT molecular complexity index is 581. The summed E-state index contributed by atoms with van der Waals surface area (Å²) in [5.74, 6) is 0.941. The molecule has 0 spiro atoms. The fraction of sp³-hybridized carbons (Fsp3) is 0.500. The van der Waals surface area contributed by atoms with Crippen LogP contribution in [-0.2, 0) is 6.54 Å². The summed E-state index contributed by atoms with van der Waals surface area (Å²) in [5, 5.41) is 10.7. The zero-order valence-corrected chi connectivity index (χ0v) is 12.9. The number of aryl methyl sites for hydroxylation is 1. The first-order valence-corrected chi connectivity index (χ1v) is 7.67. The normalized spacial score (nSPS) is 12.3. The highest BCUT2D eigenvalue weighted by Crippen LogP contribution is 2.27. The lowest BCUT2D eigenvalue weighted by Crippen LogP contribution is -2.35. The number of rotatable bonds is 7. The zero-order chi connectivity index (χ0) is 16.2. The highest BCUT2D eigenvalue weighted by atomic mass is 32.1. The van der Waals surface area contributed by atoms with Crippen molar-refractivity contribution in [3.63, 3.8) is 0 Å². The molecule has 2 rings (SSSR count). The molecule has 0 unspecified atom stereocenters. The molecule has 0 saturated heterocycles. The maximum atomic E-state index is 12.6. The maximum Gasteiger partial charge on any atom is 0.401 e. The van der Waals surface area contributed by atoms with Crippen LogP contribution in [-0.4, -0.2) is 40.9 Å². The predicted molar refractivity (Wildman–Crippen MR) is 77.6 cm³/mol. The minimum Gasteiger partial charge on any atom is -0.440 e. The Morgan fingerprint density at radius 2 is 2.18 bits per heavy atom. The van der Waals surface area contributed by atoms with Crippen molar-refractivity contribution in [1.82, 2.24) is 9.88 Å². The largest absolute Gasteiger partial charge is 0.440 e. The van der Waals surface area contributed by atoms with Crippen molar-refractivity contribution < 1.29 is 22.7 Å². The summed E-state index contributed by atoms with van der Waals surface area (Å²) in [6.45, 7) is 0.703. The molecule has 0 atom stereocenters. The SMILES string of the molecule is Cc1oc(-c2cccs2)nc1CN(CCCO)CC(F)(F)F. The Hall–Kier alpha value is -1.38. The van der Waals surface area contributed by atoms with Gasteiger partial charge in [0.05, 0.1) is 17.1 Å². The highest BCUT2D eigenvalue weighted by molar-refractivity contribution is 7.13. The quantitative estimate of drug-likeness (QED) is 0.842. The van der Waals surface area contributed by atoms with Crippen molar-refractivity contribution in [3.8, 4) is 10.8 Å². The van der Waals surface area contributed by atoms with Gasteiger partial charge in [0, 0.05) is 19.7 Å². The fourth-order valence-corrected chi connectivity index (χ4v) is 2.70. The van der Waals surface area contributed by atoms with E-state index < -0.39 is 12.7 Å². The molecule has 0 fully saturated rings. The van der Waals surface area contributed by atoms with Crippen LogP contribution in [0.3, 0.4) is 0 Å². The van der Waals surface area contributed by atoms with Gasteiger partial charge >= 0.3 is 6.18 Å². The second-order valence-electron chi connectivity index (χ2n) is 4.90. The third kappa shape index (κ3) is 4.82. The van der Waals surface area contributed by atoms with Gasteiger partial charge in [-0.25, -0.2) is 4.98 Å². The van der Waals surface area contributed by atoms with Crippen LogP contribution in [0.15, 0.2) is 21.9 Å². The molecule has 0 aliphatic heterocycles. The fourth-order valence-electron chi connectivity index (χ4n) is 2.05. The van der Waals surface area contributed by atoms with Gasteiger partial charge in [-0.15, -0.1) is 11.3 Å².